The van der Waals surface area contributed by atoms with Crippen molar-refractivity contribution in [2.45, 2.75) is 76.1 Å². The number of rotatable bonds is 6. The van der Waals surface area contributed by atoms with Crippen molar-refractivity contribution in [1.82, 2.24) is 5.06 Å². The van der Waals surface area contributed by atoms with Crippen LogP contribution < -0.4 is 4.90 Å². The third-order valence-electron chi connectivity index (χ3n) is 7.32. The van der Waals surface area contributed by atoms with Crippen LogP contribution in [0.2, 0.25) is 0 Å². The molecule has 0 aliphatic carbocycles. The van der Waals surface area contributed by atoms with Gasteiger partial charge in [0.05, 0.1) is 16.5 Å². The molecule has 1 amide bonds. The smallest absolute Gasteiger partial charge is 0.348 e. The molecule has 15 nitrogen and oxygen atoms in total. The predicted molar refractivity (Wildman–Crippen MR) is 137 cm³/mol. The minimum Gasteiger partial charge on any atom is -0.348 e. The lowest BCUT2D eigenvalue weighted by atomic mass is 10.1. The van der Waals surface area contributed by atoms with Crippen molar-refractivity contribution in [2.24, 2.45) is 0 Å². The first-order chi connectivity index (χ1) is 19.3. The number of hydroxylamine groups is 2. The topological polar surface area (TPSA) is 165 Å². The van der Waals surface area contributed by atoms with E-state index in [1.807, 2.05) is 0 Å². The molecule has 0 aromatic heterocycles. The van der Waals surface area contributed by atoms with Crippen LogP contribution in [-0.2, 0) is 28.5 Å². The minimum atomic E-state index is -0.987. The zero-order valence-electron chi connectivity index (χ0n) is 22.6. The van der Waals surface area contributed by atoms with Gasteiger partial charge in [-0.25, -0.2) is 4.79 Å². The van der Waals surface area contributed by atoms with Crippen molar-refractivity contribution in [3.63, 3.8) is 0 Å². The molecule has 4 aliphatic rings. The second-order valence-electron chi connectivity index (χ2n) is 11.0. The number of carbonyl (C=O) groups is 1. The Morgan fingerprint density at radius 2 is 1.39 bits per heavy atom. The molecule has 0 saturated carbocycles. The molecule has 218 valence electrons. The third kappa shape index (κ3) is 4.90. The second-order valence-corrected chi connectivity index (χ2v) is 11.0. The number of carbonyl (C=O) groups excluding carboxylic acids is 1. The summed E-state index contributed by atoms with van der Waals surface area (Å²) in [5, 5.41) is 23.8. The maximum absolute atomic E-state index is 13.4. The number of nitrogens with zero attached hydrogens (tertiary/aromatic N) is 4. The van der Waals surface area contributed by atoms with Crippen LogP contribution in [-0.4, -0.2) is 69.8 Å². The third-order valence-corrected chi connectivity index (χ3v) is 7.32. The summed E-state index contributed by atoms with van der Waals surface area (Å²) >= 11 is 0. The number of nitro groups is 2. The molecule has 0 unspecified atom stereocenters. The average molecular weight is 573 g/mol. The Kier molecular flexibility index (Phi) is 6.48. The normalized spacial score (nSPS) is 32.2. The van der Waals surface area contributed by atoms with Gasteiger partial charge in [0.1, 0.15) is 24.4 Å². The van der Waals surface area contributed by atoms with Gasteiger partial charge in [-0.2, -0.15) is 0 Å². The number of ether oxygens (including phenoxy) is 5. The number of non-ortho nitro benzene ring substituents is 2. The maximum Gasteiger partial charge on any atom is 0.435 e. The number of hydrogen-bond donors (Lipinski definition) is 0. The number of anilines is 1. The highest BCUT2D eigenvalue weighted by Gasteiger charge is 2.63. The standard InChI is InChI=1S/C26H28N4O11/c1-25(2)36-13-18(38-25)19-20-21(40-26(3,4)39-20)23(37-19)28-22(14-5-7-16(8-6-14)29(32)33)27(24(31)41-28)15-9-11-17(12-10-15)30(34)35/h5-12,18-23H,13H2,1-4H3/t18-,19-,20+,21+,22+,23+/m1/s1. The van der Waals surface area contributed by atoms with Gasteiger partial charge in [0.25, 0.3) is 11.4 Å². The van der Waals surface area contributed by atoms with E-state index in [2.05, 4.69) is 0 Å². The summed E-state index contributed by atoms with van der Waals surface area (Å²) in [7, 11) is 0. The van der Waals surface area contributed by atoms with Crippen molar-refractivity contribution < 1.29 is 43.2 Å². The molecule has 4 saturated heterocycles. The Labute approximate surface area is 233 Å². The fraction of sp³-hybridized carbons (Fsp3) is 0.500. The van der Waals surface area contributed by atoms with Crippen LogP contribution in [0.1, 0.15) is 39.4 Å². The van der Waals surface area contributed by atoms with Crippen LogP contribution in [0.4, 0.5) is 21.9 Å². The van der Waals surface area contributed by atoms with Gasteiger partial charge in [-0.15, -0.1) is 0 Å². The fourth-order valence-corrected chi connectivity index (χ4v) is 5.62. The predicted octanol–water partition coefficient (Wildman–Crippen LogP) is 3.77. The van der Waals surface area contributed by atoms with Crippen molar-refractivity contribution in [1.29, 1.82) is 0 Å². The summed E-state index contributed by atoms with van der Waals surface area (Å²) < 4.78 is 30.7. The Morgan fingerprint density at radius 3 is 1.95 bits per heavy atom. The molecule has 0 bridgehead atoms. The summed E-state index contributed by atoms with van der Waals surface area (Å²) in [4.78, 5) is 41.9. The van der Waals surface area contributed by atoms with E-state index in [9.17, 15) is 25.0 Å². The molecule has 0 spiro atoms. The quantitative estimate of drug-likeness (QED) is 0.364. The van der Waals surface area contributed by atoms with Gasteiger partial charge in [-0.05, 0) is 57.5 Å². The number of hydrogen-bond acceptors (Lipinski definition) is 12. The largest absolute Gasteiger partial charge is 0.435 e. The van der Waals surface area contributed by atoms with Crippen molar-refractivity contribution in [3.05, 3.63) is 74.3 Å². The van der Waals surface area contributed by atoms with Crippen LogP contribution in [0.25, 0.3) is 0 Å². The van der Waals surface area contributed by atoms with Gasteiger partial charge in [-0.1, -0.05) is 5.06 Å². The molecule has 4 fully saturated rings. The van der Waals surface area contributed by atoms with E-state index in [1.165, 1.54) is 58.5 Å². The van der Waals surface area contributed by atoms with E-state index in [0.29, 0.717) is 11.3 Å². The average Bonchev–Trinajstić information content (AvgIpc) is 3.63. The van der Waals surface area contributed by atoms with Crippen LogP contribution in [0.3, 0.4) is 0 Å². The molecule has 0 radical (unpaired) electrons. The summed E-state index contributed by atoms with van der Waals surface area (Å²) in [6, 6.07) is 11.0. The first-order valence-electron chi connectivity index (χ1n) is 12.9. The van der Waals surface area contributed by atoms with E-state index in [-0.39, 0.29) is 18.0 Å². The number of fused-ring (bicyclic) bond motifs is 1. The van der Waals surface area contributed by atoms with Crippen LogP contribution >= 0.6 is 0 Å². The molecule has 41 heavy (non-hydrogen) atoms. The van der Waals surface area contributed by atoms with E-state index < -0.39 is 64.3 Å². The summed E-state index contributed by atoms with van der Waals surface area (Å²) in [6.07, 6.45) is -5.20. The lowest BCUT2D eigenvalue weighted by molar-refractivity contribution is -0.385. The molecule has 4 aliphatic heterocycles. The molecular formula is C26H28N4O11. The Balaban J connectivity index is 1.39. The number of amides is 1. The first-order valence-corrected chi connectivity index (χ1v) is 12.9. The molecular weight excluding hydrogens is 544 g/mol. The molecule has 0 N–H and O–H groups in total. The highest BCUT2D eigenvalue weighted by atomic mass is 16.8. The zero-order valence-corrected chi connectivity index (χ0v) is 22.6. The van der Waals surface area contributed by atoms with Gasteiger partial charge < -0.3 is 28.5 Å². The summed E-state index contributed by atoms with van der Waals surface area (Å²) in [5.74, 6) is -1.81. The van der Waals surface area contributed by atoms with Gasteiger partial charge in [-0.3, -0.25) is 25.1 Å². The number of nitro benzene ring substituents is 2. The monoisotopic (exact) mass is 572 g/mol. The fourth-order valence-electron chi connectivity index (χ4n) is 5.62. The molecule has 4 heterocycles. The molecule has 6 rings (SSSR count). The highest BCUT2D eigenvalue weighted by Crippen LogP contribution is 2.47. The Hall–Kier alpha value is -3.73. The summed E-state index contributed by atoms with van der Waals surface area (Å²) in [6.45, 7) is 7.37. The van der Waals surface area contributed by atoms with Gasteiger partial charge in [0.2, 0.25) is 0 Å². The van der Waals surface area contributed by atoms with E-state index in [4.69, 9.17) is 28.5 Å². The van der Waals surface area contributed by atoms with Crippen molar-refractivity contribution in [2.75, 3.05) is 11.5 Å². The van der Waals surface area contributed by atoms with E-state index in [0.717, 1.165) is 0 Å². The molecule has 15 heteroatoms. The van der Waals surface area contributed by atoms with E-state index in [1.54, 1.807) is 27.7 Å². The van der Waals surface area contributed by atoms with Gasteiger partial charge in [0.15, 0.2) is 24.0 Å². The van der Waals surface area contributed by atoms with Crippen LogP contribution in [0, 0.1) is 20.2 Å². The lowest BCUT2D eigenvalue weighted by Gasteiger charge is -2.32. The number of benzene rings is 2. The Bertz CT molecular complexity index is 1370. The van der Waals surface area contributed by atoms with Gasteiger partial charge in [0, 0.05) is 30.0 Å². The van der Waals surface area contributed by atoms with Crippen LogP contribution in [0.15, 0.2) is 48.5 Å². The molecule has 6 atom stereocenters. The lowest BCUT2D eigenvalue weighted by Crippen LogP contribution is -2.45. The van der Waals surface area contributed by atoms with Crippen molar-refractivity contribution >= 4 is 23.2 Å². The highest BCUT2D eigenvalue weighted by molar-refractivity contribution is 5.90. The SMILES string of the molecule is CC1(C)O[C@H]2[C@@H]([C@H]3COC(C)(C)O3)O[C@H](N3OC(=O)N(c4ccc([N+](=O)[O-])cc4)[C@@H]3c3ccc([N+](=O)[O-])cc3)[C@H]2O1. The molecule has 2 aromatic carbocycles. The van der Waals surface area contributed by atoms with E-state index >= 15 is 0 Å². The van der Waals surface area contributed by atoms with Crippen LogP contribution in [0.5, 0.6) is 0 Å². The Morgan fingerprint density at radius 1 is 0.805 bits per heavy atom. The summed E-state index contributed by atoms with van der Waals surface area (Å²) in [5.41, 5.74) is 0.467. The zero-order chi connectivity index (χ0) is 29.3. The van der Waals surface area contributed by atoms with Crippen molar-refractivity contribution in [3.8, 4) is 0 Å². The first kappa shape index (κ1) is 27.4. The second kappa shape index (κ2) is 9.68. The minimum absolute atomic E-state index is 0.139. The molecule has 2 aromatic rings. The maximum atomic E-state index is 13.4. The van der Waals surface area contributed by atoms with Gasteiger partial charge >= 0.3 is 6.09 Å².